The second-order valence-electron chi connectivity index (χ2n) is 9.40. The molecule has 0 spiro atoms. The molecular formula is C25H37N3O2. The minimum Gasteiger partial charge on any atom is -0.371 e. The predicted molar refractivity (Wildman–Crippen MR) is 122 cm³/mol. The zero-order valence-corrected chi connectivity index (χ0v) is 18.3. The number of anilines is 2. The van der Waals surface area contributed by atoms with Gasteiger partial charge in [-0.3, -0.25) is 9.59 Å². The summed E-state index contributed by atoms with van der Waals surface area (Å²) in [7, 11) is 0. The molecule has 2 aliphatic heterocycles. The Hall–Kier alpha value is -2.04. The van der Waals surface area contributed by atoms with Gasteiger partial charge < -0.3 is 14.7 Å². The van der Waals surface area contributed by atoms with Crippen molar-refractivity contribution in [3.05, 3.63) is 24.3 Å². The maximum absolute atomic E-state index is 12.2. The number of nitrogens with zero attached hydrogens (tertiary/aromatic N) is 3. The van der Waals surface area contributed by atoms with Gasteiger partial charge in [-0.15, -0.1) is 0 Å². The van der Waals surface area contributed by atoms with Crippen molar-refractivity contribution in [2.45, 2.75) is 76.7 Å². The molecule has 3 aliphatic rings. The van der Waals surface area contributed by atoms with E-state index < -0.39 is 0 Å². The van der Waals surface area contributed by atoms with Crippen LogP contribution in [0.1, 0.15) is 70.6 Å². The summed E-state index contributed by atoms with van der Waals surface area (Å²) in [4.78, 5) is 30.3. The lowest BCUT2D eigenvalue weighted by atomic mass is 9.92. The van der Waals surface area contributed by atoms with E-state index in [4.69, 9.17) is 0 Å². The minimum absolute atomic E-state index is 0.254. The summed E-state index contributed by atoms with van der Waals surface area (Å²) in [6.07, 6.45) is 13.7. The molecule has 2 saturated heterocycles. The van der Waals surface area contributed by atoms with Gasteiger partial charge >= 0.3 is 0 Å². The Morgan fingerprint density at radius 2 is 1.67 bits per heavy atom. The van der Waals surface area contributed by atoms with Crippen LogP contribution < -0.4 is 9.80 Å². The molecule has 1 unspecified atom stereocenters. The molecule has 1 aromatic rings. The summed E-state index contributed by atoms with van der Waals surface area (Å²) in [5.74, 6) is 0.901. The quantitative estimate of drug-likeness (QED) is 0.616. The van der Waals surface area contributed by atoms with Crippen molar-refractivity contribution >= 4 is 23.7 Å². The number of piperidine rings is 2. The van der Waals surface area contributed by atoms with Crippen molar-refractivity contribution in [3.8, 4) is 0 Å². The summed E-state index contributed by atoms with van der Waals surface area (Å²) in [6, 6.07) is 9.05. The highest BCUT2D eigenvalue weighted by molar-refractivity contribution is 5.94. The highest BCUT2D eigenvalue weighted by Gasteiger charge is 2.24. The van der Waals surface area contributed by atoms with Gasteiger partial charge in [0.2, 0.25) is 12.3 Å². The highest BCUT2D eigenvalue weighted by atomic mass is 16.2. The Bertz CT molecular complexity index is 699. The Kier molecular flexibility index (Phi) is 7.29. The number of benzene rings is 1. The van der Waals surface area contributed by atoms with Crippen LogP contribution in [0.4, 0.5) is 11.4 Å². The van der Waals surface area contributed by atoms with Crippen LogP contribution >= 0.6 is 0 Å². The SMILES string of the molecule is O=CN(CCC1CCCN(c2ccc(N3CCCCC3=O)cc2)C1)C1CCCCC1. The molecule has 5 nitrogen and oxygen atoms in total. The van der Waals surface area contributed by atoms with E-state index in [2.05, 4.69) is 34.1 Å². The van der Waals surface area contributed by atoms with Crippen molar-refractivity contribution in [2.75, 3.05) is 36.0 Å². The minimum atomic E-state index is 0.254. The number of carbonyl (C=O) groups excluding carboxylic acids is 2. The maximum Gasteiger partial charge on any atom is 0.226 e. The average molecular weight is 412 g/mol. The number of hydrogen-bond acceptors (Lipinski definition) is 3. The summed E-state index contributed by atoms with van der Waals surface area (Å²) in [5.41, 5.74) is 2.29. The van der Waals surface area contributed by atoms with Gasteiger partial charge in [-0.1, -0.05) is 19.3 Å². The number of hydrogen-bond donors (Lipinski definition) is 0. The first-order valence-electron chi connectivity index (χ1n) is 12.1. The Labute approximate surface area is 181 Å². The van der Waals surface area contributed by atoms with Crippen LogP contribution in [0.25, 0.3) is 0 Å². The molecule has 1 saturated carbocycles. The first-order chi connectivity index (χ1) is 14.7. The Morgan fingerprint density at radius 1 is 0.900 bits per heavy atom. The smallest absolute Gasteiger partial charge is 0.226 e. The van der Waals surface area contributed by atoms with Crippen LogP contribution in [-0.4, -0.2) is 49.4 Å². The monoisotopic (exact) mass is 411 g/mol. The van der Waals surface area contributed by atoms with E-state index in [-0.39, 0.29) is 5.91 Å². The Morgan fingerprint density at radius 3 is 2.40 bits per heavy atom. The van der Waals surface area contributed by atoms with Crippen molar-refractivity contribution in [3.63, 3.8) is 0 Å². The van der Waals surface area contributed by atoms with E-state index in [0.717, 1.165) is 57.5 Å². The summed E-state index contributed by atoms with van der Waals surface area (Å²) >= 11 is 0. The van der Waals surface area contributed by atoms with Crippen LogP contribution in [0.2, 0.25) is 0 Å². The molecule has 0 radical (unpaired) electrons. The third kappa shape index (κ3) is 5.16. The molecule has 2 amide bonds. The fourth-order valence-electron chi connectivity index (χ4n) is 5.52. The molecule has 1 atom stereocenters. The summed E-state index contributed by atoms with van der Waals surface area (Å²) < 4.78 is 0. The molecular weight excluding hydrogens is 374 g/mol. The molecule has 0 bridgehead atoms. The molecule has 0 N–H and O–H groups in total. The normalized spacial score (nSPS) is 23.5. The van der Waals surface area contributed by atoms with Gasteiger partial charge in [0.05, 0.1) is 0 Å². The van der Waals surface area contributed by atoms with Gasteiger partial charge in [0.25, 0.3) is 0 Å². The van der Waals surface area contributed by atoms with Crippen LogP contribution in [0.15, 0.2) is 24.3 Å². The number of rotatable bonds is 7. The molecule has 1 aliphatic carbocycles. The largest absolute Gasteiger partial charge is 0.371 e. The van der Waals surface area contributed by atoms with Crippen molar-refractivity contribution in [2.24, 2.45) is 5.92 Å². The first kappa shape index (κ1) is 21.2. The fourth-order valence-corrected chi connectivity index (χ4v) is 5.52. The molecule has 2 heterocycles. The van der Waals surface area contributed by atoms with Gasteiger partial charge in [0.15, 0.2) is 0 Å². The van der Waals surface area contributed by atoms with Crippen LogP contribution in [0, 0.1) is 5.92 Å². The lowest BCUT2D eigenvalue weighted by Gasteiger charge is -2.37. The van der Waals surface area contributed by atoms with E-state index in [0.29, 0.717) is 18.4 Å². The third-order valence-electron chi connectivity index (χ3n) is 7.34. The number of carbonyl (C=O) groups is 2. The predicted octanol–water partition coefficient (Wildman–Crippen LogP) is 4.60. The van der Waals surface area contributed by atoms with Gasteiger partial charge in [0, 0.05) is 50.0 Å². The first-order valence-corrected chi connectivity index (χ1v) is 12.1. The molecule has 5 heteroatoms. The third-order valence-corrected chi connectivity index (χ3v) is 7.34. The summed E-state index contributed by atoms with van der Waals surface area (Å²) in [6.45, 7) is 3.92. The fraction of sp³-hybridized carbons (Fsp3) is 0.680. The van der Waals surface area contributed by atoms with Crippen LogP contribution in [0.3, 0.4) is 0 Å². The molecule has 1 aromatic carbocycles. The zero-order chi connectivity index (χ0) is 20.8. The van der Waals surface area contributed by atoms with Crippen molar-refractivity contribution < 1.29 is 9.59 Å². The van der Waals surface area contributed by atoms with Gasteiger partial charge in [-0.05, 0) is 75.1 Å². The van der Waals surface area contributed by atoms with E-state index in [9.17, 15) is 9.59 Å². The van der Waals surface area contributed by atoms with Gasteiger partial charge in [0.1, 0.15) is 0 Å². The molecule has 0 aromatic heterocycles. The molecule has 164 valence electrons. The van der Waals surface area contributed by atoms with Gasteiger partial charge in [-0.25, -0.2) is 0 Å². The molecule has 30 heavy (non-hydrogen) atoms. The van der Waals surface area contributed by atoms with E-state index in [1.54, 1.807) is 0 Å². The van der Waals surface area contributed by atoms with E-state index in [1.165, 1.54) is 50.6 Å². The zero-order valence-electron chi connectivity index (χ0n) is 18.3. The molecule has 4 rings (SSSR count). The van der Waals surface area contributed by atoms with Crippen LogP contribution in [0.5, 0.6) is 0 Å². The average Bonchev–Trinajstić information content (AvgIpc) is 2.81. The second kappa shape index (κ2) is 10.3. The highest BCUT2D eigenvalue weighted by Crippen LogP contribution is 2.29. The van der Waals surface area contributed by atoms with Gasteiger partial charge in [-0.2, -0.15) is 0 Å². The van der Waals surface area contributed by atoms with E-state index >= 15 is 0 Å². The van der Waals surface area contributed by atoms with Crippen molar-refractivity contribution in [1.29, 1.82) is 0 Å². The van der Waals surface area contributed by atoms with Crippen molar-refractivity contribution in [1.82, 2.24) is 4.90 Å². The Balaban J connectivity index is 1.31. The lowest BCUT2D eigenvalue weighted by Crippen LogP contribution is -2.40. The second-order valence-corrected chi connectivity index (χ2v) is 9.40. The summed E-state index contributed by atoms with van der Waals surface area (Å²) in [5, 5.41) is 0. The van der Waals surface area contributed by atoms with Crippen LogP contribution in [-0.2, 0) is 9.59 Å². The topological polar surface area (TPSA) is 43.9 Å². The van der Waals surface area contributed by atoms with E-state index in [1.807, 2.05) is 4.90 Å². The lowest BCUT2D eigenvalue weighted by molar-refractivity contribution is -0.121. The maximum atomic E-state index is 12.2. The molecule has 3 fully saturated rings. The number of amides is 2. The standard InChI is InChI=1S/C25H37N3O2/c29-20-27(22-8-2-1-3-9-22)18-15-21-7-6-16-26(19-21)23-11-13-24(14-12-23)28-17-5-4-10-25(28)30/h11-14,20-22H,1-10,15-19H2.